The molecule has 166 valence electrons. The molecule has 0 radical (unpaired) electrons. The highest BCUT2D eigenvalue weighted by molar-refractivity contribution is 7.98. The fourth-order valence-electron chi connectivity index (χ4n) is 3.37. The molecule has 0 aliphatic heterocycles. The molecule has 0 unspecified atom stereocenters. The second-order valence-corrected chi connectivity index (χ2v) is 10.6. The van der Waals surface area contributed by atoms with Gasteiger partial charge in [-0.3, -0.25) is 0 Å². The molecule has 0 N–H and O–H groups in total. The molecule has 0 bridgehead atoms. The summed E-state index contributed by atoms with van der Waals surface area (Å²) in [5, 5.41) is 9.72. The zero-order chi connectivity index (χ0) is 22.4. The summed E-state index contributed by atoms with van der Waals surface area (Å²) in [7, 11) is -3.54. The normalized spacial score (nSPS) is 12.1. The Morgan fingerprint density at radius 3 is 2.35 bits per heavy atom. The summed E-state index contributed by atoms with van der Waals surface area (Å²) in [6.45, 7) is 9.63. The minimum absolute atomic E-state index is 0.284. The standard InChI is InChI=1S/C23H30N4O2S2/c1-5-26(6-2)31(28,29)21-14-10-13-20(15-21)22-24-25-23(27(22)16-18(3)4)30-17-19-11-8-7-9-12-19/h7-15,18H,5-6,16-17H2,1-4H3. The van der Waals surface area contributed by atoms with E-state index in [1.165, 1.54) is 9.87 Å². The number of nitrogens with zero attached hydrogens (tertiary/aromatic N) is 4. The first-order valence-corrected chi connectivity index (χ1v) is 13.0. The first kappa shape index (κ1) is 23.5. The van der Waals surface area contributed by atoms with E-state index < -0.39 is 10.0 Å². The van der Waals surface area contributed by atoms with Crippen molar-refractivity contribution in [1.29, 1.82) is 0 Å². The molecule has 31 heavy (non-hydrogen) atoms. The van der Waals surface area contributed by atoms with Crippen molar-refractivity contribution in [1.82, 2.24) is 19.1 Å². The van der Waals surface area contributed by atoms with E-state index in [0.29, 0.717) is 24.8 Å². The van der Waals surface area contributed by atoms with Gasteiger partial charge in [0.15, 0.2) is 11.0 Å². The monoisotopic (exact) mass is 458 g/mol. The lowest BCUT2D eigenvalue weighted by Crippen LogP contribution is -2.30. The zero-order valence-corrected chi connectivity index (χ0v) is 20.2. The molecule has 3 aromatic rings. The summed E-state index contributed by atoms with van der Waals surface area (Å²) in [5.41, 5.74) is 1.98. The number of hydrogen-bond acceptors (Lipinski definition) is 5. The van der Waals surface area contributed by atoms with Gasteiger partial charge in [0.2, 0.25) is 10.0 Å². The van der Waals surface area contributed by atoms with Gasteiger partial charge in [-0.15, -0.1) is 10.2 Å². The summed E-state index contributed by atoms with van der Waals surface area (Å²) in [5.74, 6) is 1.89. The number of thioether (sulfide) groups is 1. The van der Waals surface area contributed by atoms with E-state index in [1.54, 1.807) is 30.0 Å². The van der Waals surface area contributed by atoms with Gasteiger partial charge in [0, 0.05) is 31.0 Å². The van der Waals surface area contributed by atoms with Crippen LogP contribution in [0.15, 0.2) is 64.6 Å². The molecular formula is C23H30N4O2S2. The average molecular weight is 459 g/mol. The Bertz CT molecular complexity index is 1090. The molecule has 2 aromatic carbocycles. The van der Waals surface area contributed by atoms with Crippen molar-refractivity contribution in [2.24, 2.45) is 5.92 Å². The molecule has 0 amide bonds. The van der Waals surface area contributed by atoms with Crippen LogP contribution in [0.5, 0.6) is 0 Å². The highest BCUT2D eigenvalue weighted by Gasteiger charge is 2.23. The molecule has 0 atom stereocenters. The predicted molar refractivity (Wildman–Crippen MR) is 126 cm³/mol. The third kappa shape index (κ3) is 5.56. The van der Waals surface area contributed by atoms with Crippen molar-refractivity contribution in [3.63, 3.8) is 0 Å². The topological polar surface area (TPSA) is 68.1 Å². The first-order valence-electron chi connectivity index (χ1n) is 10.6. The van der Waals surface area contributed by atoms with Crippen LogP contribution in [0.2, 0.25) is 0 Å². The fraction of sp³-hybridized carbons (Fsp3) is 0.391. The first-order chi connectivity index (χ1) is 14.9. The van der Waals surface area contributed by atoms with Crippen LogP contribution in [0.1, 0.15) is 33.3 Å². The molecule has 0 saturated heterocycles. The van der Waals surface area contributed by atoms with E-state index in [1.807, 2.05) is 38.1 Å². The highest BCUT2D eigenvalue weighted by Crippen LogP contribution is 2.29. The maximum atomic E-state index is 13.0. The second kappa shape index (κ2) is 10.4. The summed E-state index contributed by atoms with van der Waals surface area (Å²) >= 11 is 1.64. The van der Waals surface area contributed by atoms with Crippen LogP contribution in [0.3, 0.4) is 0 Å². The lowest BCUT2D eigenvalue weighted by molar-refractivity contribution is 0.445. The maximum Gasteiger partial charge on any atom is 0.243 e. The van der Waals surface area contributed by atoms with Gasteiger partial charge < -0.3 is 4.57 Å². The van der Waals surface area contributed by atoms with Gasteiger partial charge in [-0.2, -0.15) is 4.31 Å². The van der Waals surface area contributed by atoms with Crippen LogP contribution >= 0.6 is 11.8 Å². The van der Waals surface area contributed by atoms with Gasteiger partial charge in [0.25, 0.3) is 0 Å². The Morgan fingerprint density at radius 1 is 1.00 bits per heavy atom. The van der Waals surface area contributed by atoms with E-state index in [2.05, 4.69) is 40.7 Å². The molecule has 0 saturated carbocycles. The molecule has 0 aliphatic rings. The Hall–Kier alpha value is -2.16. The van der Waals surface area contributed by atoms with Crippen molar-refractivity contribution in [2.45, 2.75) is 50.0 Å². The third-order valence-corrected chi connectivity index (χ3v) is 7.99. The Labute approximate surface area is 189 Å². The lowest BCUT2D eigenvalue weighted by Gasteiger charge is -2.19. The van der Waals surface area contributed by atoms with Gasteiger partial charge in [-0.25, -0.2) is 8.42 Å². The molecule has 0 fully saturated rings. The Kier molecular flexibility index (Phi) is 7.91. The van der Waals surface area contributed by atoms with Gasteiger partial charge in [0.05, 0.1) is 4.90 Å². The van der Waals surface area contributed by atoms with Crippen molar-refractivity contribution in [3.05, 3.63) is 60.2 Å². The van der Waals surface area contributed by atoms with Crippen LogP contribution in [0.25, 0.3) is 11.4 Å². The van der Waals surface area contributed by atoms with Crippen LogP contribution in [-0.2, 0) is 22.3 Å². The Balaban J connectivity index is 1.96. The molecule has 1 heterocycles. The number of aromatic nitrogens is 3. The summed E-state index contributed by atoms with van der Waals surface area (Å²) in [6, 6.07) is 17.3. The smallest absolute Gasteiger partial charge is 0.243 e. The highest BCUT2D eigenvalue weighted by atomic mass is 32.2. The van der Waals surface area contributed by atoms with Gasteiger partial charge >= 0.3 is 0 Å². The number of hydrogen-bond donors (Lipinski definition) is 0. The molecule has 3 rings (SSSR count). The molecule has 1 aromatic heterocycles. The summed E-state index contributed by atoms with van der Waals surface area (Å²) < 4.78 is 29.5. The third-order valence-electron chi connectivity index (χ3n) is 4.91. The minimum Gasteiger partial charge on any atom is -0.302 e. The van der Waals surface area contributed by atoms with Crippen LogP contribution in [0, 0.1) is 5.92 Å². The molecule has 0 aliphatic carbocycles. The van der Waals surface area contributed by atoms with Crippen molar-refractivity contribution < 1.29 is 8.42 Å². The van der Waals surface area contributed by atoms with E-state index in [4.69, 9.17) is 0 Å². The van der Waals surface area contributed by atoms with E-state index in [9.17, 15) is 8.42 Å². The quantitative estimate of drug-likeness (QED) is 0.403. The number of benzene rings is 2. The molecule has 0 spiro atoms. The SMILES string of the molecule is CCN(CC)S(=O)(=O)c1cccc(-c2nnc(SCc3ccccc3)n2CC(C)C)c1. The summed E-state index contributed by atoms with van der Waals surface area (Å²) in [4.78, 5) is 0.284. The van der Waals surface area contributed by atoms with Gasteiger partial charge in [-0.05, 0) is 23.6 Å². The van der Waals surface area contributed by atoms with Gasteiger partial charge in [-0.1, -0.05) is 81.9 Å². The van der Waals surface area contributed by atoms with Crippen LogP contribution < -0.4 is 0 Å². The van der Waals surface area contributed by atoms with E-state index >= 15 is 0 Å². The Morgan fingerprint density at radius 2 is 1.71 bits per heavy atom. The molecular weight excluding hydrogens is 428 g/mol. The minimum atomic E-state index is -3.54. The lowest BCUT2D eigenvalue weighted by atomic mass is 10.2. The average Bonchev–Trinajstić information content (AvgIpc) is 3.15. The van der Waals surface area contributed by atoms with Crippen LogP contribution in [0.4, 0.5) is 0 Å². The largest absolute Gasteiger partial charge is 0.302 e. The summed E-state index contributed by atoms with van der Waals surface area (Å²) in [6.07, 6.45) is 0. The van der Waals surface area contributed by atoms with Crippen molar-refractivity contribution >= 4 is 21.8 Å². The molecule has 8 heteroatoms. The van der Waals surface area contributed by atoms with Gasteiger partial charge in [0.1, 0.15) is 0 Å². The van der Waals surface area contributed by atoms with Crippen molar-refractivity contribution in [2.75, 3.05) is 13.1 Å². The van der Waals surface area contributed by atoms with Crippen LogP contribution in [-0.4, -0.2) is 40.6 Å². The van der Waals surface area contributed by atoms with E-state index in [0.717, 1.165) is 23.0 Å². The zero-order valence-electron chi connectivity index (χ0n) is 18.5. The predicted octanol–water partition coefficient (Wildman–Crippen LogP) is 4.92. The fourth-order valence-corrected chi connectivity index (χ4v) is 5.78. The number of sulfonamides is 1. The van der Waals surface area contributed by atoms with Crippen molar-refractivity contribution in [3.8, 4) is 11.4 Å². The maximum absolute atomic E-state index is 13.0. The second-order valence-electron chi connectivity index (χ2n) is 7.70. The van der Waals surface area contributed by atoms with E-state index in [-0.39, 0.29) is 4.90 Å². The molecule has 6 nitrogen and oxygen atoms in total. The number of rotatable bonds is 10.